The van der Waals surface area contributed by atoms with E-state index in [1.54, 1.807) is 30.1 Å². The Morgan fingerprint density at radius 1 is 1.07 bits per heavy atom. The van der Waals surface area contributed by atoms with Crippen molar-refractivity contribution in [3.05, 3.63) is 23.8 Å². The van der Waals surface area contributed by atoms with Crippen LogP contribution in [0.1, 0.15) is 31.2 Å². The Hall–Kier alpha value is -1.93. The molecule has 0 atom stereocenters. The van der Waals surface area contributed by atoms with Crippen LogP contribution in [0, 0.1) is 5.92 Å². The number of likely N-dealkylation sites (N-methyl/N-ethyl adjacent to an activating group) is 1. The summed E-state index contributed by atoms with van der Waals surface area (Å²) in [5, 5.41) is 0. The summed E-state index contributed by atoms with van der Waals surface area (Å²) in [5.74, 6) is 0.0882. The van der Waals surface area contributed by atoms with E-state index in [2.05, 4.69) is 0 Å². The molecule has 2 fully saturated rings. The largest absolute Gasteiger partial charge is 0.342 e. The van der Waals surface area contributed by atoms with Gasteiger partial charge >= 0.3 is 0 Å². The summed E-state index contributed by atoms with van der Waals surface area (Å²) >= 11 is 0. The number of hydrogen-bond donors (Lipinski definition) is 0. The van der Waals surface area contributed by atoms with Crippen LogP contribution in [0.2, 0.25) is 0 Å². The number of benzene rings is 1. The van der Waals surface area contributed by atoms with Crippen LogP contribution in [0.4, 0.5) is 5.69 Å². The van der Waals surface area contributed by atoms with Gasteiger partial charge in [-0.3, -0.25) is 9.59 Å². The molecule has 0 saturated carbocycles. The van der Waals surface area contributed by atoms with Gasteiger partial charge in [0, 0.05) is 44.8 Å². The van der Waals surface area contributed by atoms with Crippen LogP contribution in [0.5, 0.6) is 0 Å². The van der Waals surface area contributed by atoms with E-state index >= 15 is 0 Å². The van der Waals surface area contributed by atoms with Crippen LogP contribution in [-0.4, -0.2) is 62.7 Å². The number of rotatable bonds is 3. The van der Waals surface area contributed by atoms with Gasteiger partial charge in [0.05, 0.1) is 11.3 Å². The molecule has 0 unspecified atom stereocenters. The lowest BCUT2D eigenvalue weighted by Gasteiger charge is -2.32. The van der Waals surface area contributed by atoms with Crippen molar-refractivity contribution < 1.29 is 18.0 Å². The molecule has 3 aliphatic rings. The molecule has 0 bridgehead atoms. The van der Waals surface area contributed by atoms with E-state index in [1.165, 1.54) is 4.31 Å². The van der Waals surface area contributed by atoms with E-state index in [-0.39, 0.29) is 29.0 Å². The van der Waals surface area contributed by atoms with Gasteiger partial charge in [0.25, 0.3) is 0 Å². The molecule has 7 nitrogen and oxygen atoms in total. The molecule has 146 valence electrons. The third-order valence-corrected chi connectivity index (χ3v) is 7.88. The van der Waals surface area contributed by atoms with Gasteiger partial charge in [0.1, 0.15) is 0 Å². The third-order valence-electron chi connectivity index (χ3n) is 5.99. The van der Waals surface area contributed by atoms with Crippen molar-refractivity contribution in [3.63, 3.8) is 0 Å². The first-order chi connectivity index (χ1) is 12.9. The minimum absolute atomic E-state index is 0.0270. The number of sulfonamides is 1. The number of likely N-dealkylation sites (tertiary alicyclic amines) is 1. The Balaban J connectivity index is 1.46. The number of hydrogen-bond acceptors (Lipinski definition) is 4. The van der Waals surface area contributed by atoms with Gasteiger partial charge in [-0.2, -0.15) is 4.31 Å². The van der Waals surface area contributed by atoms with Crippen LogP contribution in [0.3, 0.4) is 0 Å². The number of amides is 2. The quantitative estimate of drug-likeness (QED) is 0.776. The zero-order valence-corrected chi connectivity index (χ0v) is 16.4. The number of fused-ring (bicyclic) bond motifs is 1. The minimum atomic E-state index is -3.61. The highest BCUT2D eigenvalue weighted by Gasteiger charge is 2.35. The van der Waals surface area contributed by atoms with E-state index < -0.39 is 10.0 Å². The minimum Gasteiger partial charge on any atom is -0.342 e. The van der Waals surface area contributed by atoms with E-state index in [0.29, 0.717) is 25.9 Å². The number of carbonyl (C=O) groups excluding carboxylic acids is 2. The van der Waals surface area contributed by atoms with Crippen molar-refractivity contribution in [2.24, 2.45) is 5.92 Å². The maximum absolute atomic E-state index is 13.0. The second-order valence-corrected chi connectivity index (χ2v) is 9.57. The lowest BCUT2D eigenvalue weighted by molar-refractivity contribution is -0.135. The average Bonchev–Trinajstić information content (AvgIpc) is 3.30. The fourth-order valence-electron chi connectivity index (χ4n) is 4.29. The van der Waals surface area contributed by atoms with Crippen LogP contribution in [0.25, 0.3) is 0 Å². The Kier molecular flexibility index (Phi) is 4.71. The molecule has 2 saturated heterocycles. The molecule has 0 aliphatic carbocycles. The first kappa shape index (κ1) is 18.4. The number of anilines is 1. The van der Waals surface area contributed by atoms with E-state index in [9.17, 15) is 18.0 Å². The van der Waals surface area contributed by atoms with Crippen LogP contribution >= 0.6 is 0 Å². The predicted molar refractivity (Wildman–Crippen MR) is 101 cm³/mol. The highest BCUT2D eigenvalue weighted by atomic mass is 32.2. The Labute approximate surface area is 160 Å². The molecule has 0 N–H and O–H groups in total. The van der Waals surface area contributed by atoms with Crippen LogP contribution < -0.4 is 4.90 Å². The van der Waals surface area contributed by atoms with Crippen molar-refractivity contribution in [2.45, 2.75) is 37.0 Å². The van der Waals surface area contributed by atoms with Gasteiger partial charge in [-0.1, -0.05) is 0 Å². The van der Waals surface area contributed by atoms with Crippen molar-refractivity contribution in [2.75, 3.05) is 38.1 Å². The molecule has 1 aromatic carbocycles. The van der Waals surface area contributed by atoms with E-state index in [1.807, 2.05) is 4.90 Å². The molecule has 8 heteroatoms. The molecule has 4 rings (SSSR count). The lowest BCUT2D eigenvalue weighted by atomic mass is 9.97. The summed E-state index contributed by atoms with van der Waals surface area (Å²) in [6, 6.07) is 4.90. The highest BCUT2D eigenvalue weighted by molar-refractivity contribution is 7.89. The van der Waals surface area contributed by atoms with Gasteiger partial charge in [-0.15, -0.1) is 0 Å². The first-order valence-electron chi connectivity index (χ1n) is 9.56. The van der Waals surface area contributed by atoms with Crippen LogP contribution in [-0.2, 0) is 26.0 Å². The average molecular weight is 391 g/mol. The van der Waals surface area contributed by atoms with Gasteiger partial charge in [0.2, 0.25) is 21.8 Å². The molecule has 1 aromatic rings. The molecular formula is C19H25N3O4S. The Bertz CT molecular complexity index is 869. The SMILES string of the molecule is CN1C(=O)Cc2cc(S(=O)(=O)N3CCC(C(=O)N4CCCC4)CC3)ccc21. The standard InChI is InChI=1S/C19H25N3O4S/c1-20-17-5-4-16(12-15(17)13-18(20)23)27(25,26)22-10-6-14(7-11-22)19(24)21-8-2-3-9-21/h4-5,12,14H,2-3,6-11,13H2,1H3. The number of piperidine rings is 1. The number of carbonyl (C=O) groups is 2. The van der Waals surface area contributed by atoms with Crippen molar-refractivity contribution in [1.82, 2.24) is 9.21 Å². The molecule has 2 amide bonds. The maximum Gasteiger partial charge on any atom is 0.243 e. The molecule has 0 radical (unpaired) electrons. The molecule has 0 aromatic heterocycles. The summed E-state index contributed by atoms with van der Waals surface area (Å²) in [4.78, 5) is 28.1. The topological polar surface area (TPSA) is 78.0 Å². The zero-order chi connectivity index (χ0) is 19.2. The predicted octanol–water partition coefficient (Wildman–Crippen LogP) is 1.23. The normalized spacial score (nSPS) is 21.7. The summed E-state index contributed by atoms with van der Waals surface area (Å²) in [5.41, 5.74) is 1.52. The molecular weight excluding hydrogens is 366 g/mol. The molecule has 0 spiro atoms. The summed E-state index contributed by atoms with van der Waals surface area (Å²) in [6.07, 6.45) is 3.51. The highest BCUT2D eigenvalue weighted by Crippen LogP contribution is 2.32. The smallest absolute Gasteiger partial charge is 0.243 e. The second-order valence-electron chi connectivity index (χ2n) is 7.63. The molecule has 27 heavy (non-hydrogen) atoms. The van der Waals surface area contributed by atoms with Gasteiger partial charge < -0.3 is 9.80 Å². The monoisotopic (exact) mass is 391 g/mol. The van der Waals surface area contributed by atoms with Crippen LogP contribution in [0.15, 0.2) is 23.1 Å². The maximum atomic E-state index is 13.0. The van der Waals surface area contributed by atoms with Gasteiger partial charge in [0.15, 0.2) is 0 Å². The first-order valence-corrected chi connectivity index (χ1v) is 11.0. The Morgan fingerprint density at radius 3 is 2.41 bits per heavy atom. The van der Waals surface area contributed by atoms with Crippen molar-refractivity contribution in [1.29, 1.82) is 0 Å². The molecule has 3 aliphatic heterocycles. The zero-order valence-electron chi connectivity index (χ0n) is 15.6. The third kappa shape index (κ3) is 3.25. The molecule has 3 heterocycles. The summed E-state index contributed by atoms with van der Waals surface area (Å²) in [7, 11) is -1.91. The van der Waals surface area contributed by atoms with Gasteiger partial charge in [-0.25, -0.2) is 8.42 Å². The van der Waals surface area contributed by atoms with E-state index in [4.69, 9.17) is 0 Å². The fourth-order valence-corrected chi connectivity index (χ4v) is 5.82. The summed E-state index contributed by atoms with van der Waals surface area (Å²) in [6.45, 7) is 2.39. The van der Waals surface area contributed by atoms with Gasteiger partial charge in [-0.05, 0) is 49.4 Å². The fraction of sp³-hybridized carbons (Fsp3) is 0.579. The van der Waals surface area contributed by atoms with Crippen molar-refractivity contribution >= 4 is 27.5 Å². The number of nitrogens with zero attached hydrogens (tertiary/aromatic N) is 3. The summed E-state index contributed by atoms with van der Waals surface area (Å²) < 4.78 is 27.5. The lowest BCUT2D eigenvalue weighted by Crippen LogP contribution is -2.43. The Morgan fingerprint density at radius 2 is 1.74 bits per heavy atom. The van der Waals surface area contributed by atoms with Crippen molar-refractivity contribution in [3.8, 4) is 0 Å². The van der Waals surface area contributed by atoms with E-state index in [0.717, 1.165) is 37.2 Å². The second kappa shape index (κ2) is 6.91.